The van der Waals surface area contributed by atoms with Crippen LogP contribution in [0, 0.1) is 0 Å². The van der Waals surface area contributed by atoms with Crippen LogP contribution in [0.3, 0.4) is 0 Å². The summed E-state index contributed by atoms with van der Waals surface area (Å²) in [6.45, 7) is 10.5. The fourth-order valence-corrected chi connectivity index (χ4v) is 3.43. The van der Waals surface area contributed by atoms with Crippen LogP contribution >= 0.6 is 0 Å². The van der Waals surface area contributed by atoms with Gasteiger partial charge in [-0.3, -0.25) is 0 Å². The van der Waals surface area contributed by atoms with E-state index >= 15 is 0 Å². The first-order chi connectivity index (χ1) is 16.6. The topological polar surface area (TPSA) is 52.4 Å². The Bertz CT molecular complexity index is 1190. The molecule has 0 unspecified atom stereocenters. The minimum absolute atomic E-state index is 0.352. The first-order valence-corrected chi connectivity index (χ1v) is 11.5. The molecule has 5 heteroatoms. The minimum Gasteiger partial charge on any atom is -0.395 e. The fourth-order valence-electron chi connectivity index (χ4n) is 3.43. The van der Waals surface area contributed by atoms with Crippen LogP contribution in [-0.2, 0) is 21.1 Å². The largest absolute Gasteiger partial charge is 0.395 e. The van der Waals surface area contributed by atoms with Crippen LogP contribution in [-0.4, -0.2) is 24.6 Å². The van der Waals surface area contributed by atoms with Gasteiger partial charge >= 0.3 is 0 Å². The zero-order valence-electron chi connectivity index (χ0n) is 20.2. The first-order valence-electron chi connectivity index (χ1n) is 11.5. The van der Waals surface area contributed by atoms with Gasteiger partial charge in [0.2, 0.25) is 0 Å². The van der Waals surface area contributed by atoms with Crippen LogP contribution < -0.4 is 0 Å². The fraction of sp³-hybridized carbons (Fsp3) is 0.241. The van der Waals surface area contributed by atoms with E-state index in [9.17, 15) is 0 Å². The monoisotopic (exact) mass is 456 g/mol. The average molecular weight is 457 g/mol. The number of fused-ring (bicyclic) bond motifs is 1. The highest BCUT2D eigenvalue weighted by Crippen LogP contribution is 2.17. The van der Waals surface area contributed by atoms with Crippen molar-refractivity contribution >= 4 is 28.3 Å². The van der Waals surface area contributed by atoms with E-state index in [0.29, 0.717) is 19.6 Å². The normalized spacial score (nSPS) is 12.3. The van der Waals surface area contributed by atoms with Gasteiger partial charge < -0.3 is 4.84 Å². The summed E-state index contributed by atoms with van der Waals surface area (Å²) in [6.07, 6.45) is 7.38. The summed E-state index contributed by atoms with van der Waals surface area (Å²) in [6, 6.07) is 20.7. The number of oxime groups is 2. The SMILES string of the molecule is C=C/C=C\c1cc(C(C)=NOCCCOO/N=C(\C)c2ccc3ccccc3c2)ccc1CC. The smallest absolute Gasteiger partial charge is 0.119 e. The van der Waals surface area contributed by atoms with Crippen LogP contribution in [0.2, 0.25) is 0 Å². The van der Waals surface area contributed by atoms with Gasteiger partial charge in [-0.1, -0.05) is 85.4 Å². The van der Waals surface area contributed by atoms with E-state index in [1.165, 1.54) is 16.5 Å². The van der Waals surface area contributed by atoms with Gasteiger partial charge in [0.05, 0.1) is 18.0 Å². The summed E-state index contributed by atoms with van der Waals surface area (Å²) < 4.78 is 0. The standard InChI is InChI=1S/C29H32N2O3/c1-5-7-11-28-20-26(16-14-24(28)6-2)22(3)30-32-18-10-19-33-34-31-23(4)27-17-15-25-12-8-9-13-29(25)21-27/h5,7-9,11-17,20-21H,1,6,10,18-19H2,2-4H3/b11-7-,30-22?,31-23+. The van der Waals surface area contributed by atoms with Crippen LogP contribution in [0.15, 0.2) is 89.7 Å². The van der Waals surface area contributed by atoms with Crippen molar-refractivity contribution < 1.29 is 14.7 Å². The van der Waals surface area contributed by atoms with E-state index in [1.807, 2.05) is 38.1 Å². The second-order valence-electron chi connectivity index (χ2n) is 7.86. The summed E-state index contributed by atoms with van der Waals surface area (Å²) in [7, 11) is 0. The quantitative estimate of drug-likeness (QED) is 0.0960. The maximum absolute atomic E-state index is 5.45. The van der Waals surface area contributed by atoms with E-state index < -0.39 is 0 Å². The molecule has 0 aliphatic rings. The number of nitrogens with zero attached hydrogens (tertiary/aromatic N) is 2. The van der Waals surface area contributed by atoms with Crippen molar-refractivity contribution in [3.63, 3.8) is 0 Å². The summed E-state index contributed by atoms with van der Waals surface area (Å²) in [5.41, 5.74) is 6.04. The summed E-state index contributed by atoms with van der Waals surface area (Å²) in [5, 5.41) is 10.6. The van der Waals surface area contributed by atoms with Crippen LogP contribution in [0.5, 0.6) is 0 Å². The van der Waals surface area contributed by atoms with Crippen molar-refractivity contribution in [3.05, 3.63) is 102 Å². The lowest BCUT2D eigenvalue weighted by Gasteiger charge is -2.08. The second kappa shape index (κ2) is 13.1. The van der Waals surface area contributed by atoms with Crippen molar-refractivity contribution in [2.24, 2.45) is 10.3 Å². The Balaban J connectivity index is 1.41. The lowest BCUT2D eigenvalue weighted by Crippen LogP contribution is -2.02. The number of aryl methyl sites for hydroxylation is 1. The predicted molar refractivity (Wildman–Crippen MR) is 141 cm³/mol. The molecule has 0 saturated carbocycles. The zero-order valence-corrected chi connectivity index (χ0v) is 20.2. The Morgan fingerprint density at radius 1 is 0.882 bits per heavy atom. The van der Waals surface area contributed by atoms with Gasteiger partial charge in [0, 0.05) is 6.42 Å². The highest BCUT2D eigenvalue weighted by Gasteiger charge is 2.04. The first kappa shape index (κ1) is 24.9. The molecule has 0 heterocycles. The number of hydrogen-bond acceptors (Lipinski definition) is 5. The molecule has 34 heavy (non-hydrogen) atoms. The van der Waals surface area contributed by atoms with E-state index in [-0.39, 0.29) is 0 Å². The molecule has 0 fully saturated rings. The van der Waals surface area contributed by atoms with Crippen molar-refractivity contribution in [2.45, 2.75) is 33.6 Å². The molecular weight excluding hydrogens is 424 g/mol. The molecular formula is C29H32N2O3. The Morgan fingerprint density at radius 2 is 1.62 bits per heavy atom. The molecule has 0 N–H and O–H groups in total. The zero-order chi connectivity index (χ0) is 24.2. The Kier molecular flexibility index (Phi) is 9.62. The van der Waals surface area contributed by atoms with Crippen LogP contribution in [0.25, 0.3) is 16.8 Å². The van der Waals surface area contributed by atoms with E-state index in [4.69, 9.17) is 14.7 Å². The molecule has 3 aromatic rings. The van der Waals surface area contributed by atoms with Gasteiger partial charge in [-0.05, 0) is 70.6 Å². The van der Waals surface area contributed by atoms with E-state index in [2.05, 4.69) is 72.4 Å². The molecule has 0 aliphatic heterocycles. The summed E-state index contributed by atoms with van der Waals surface area (Å²) in [4.78, 5) is 15.6. The lowest BCUT2D eigenvalue weighted by molar-refractivity contribution is -0.296. The molecule has 0 aromatic heterocycles. The van der Waals surface area contributed by atoms with Crippen molar-refractivity contribution in [2.75, 3.05) is 13.2 Å². The molecule has 0 saturated heterocycles. The lowest BCUT2D eigenvalue weighted by atomic mass is 10.00. The molecule has 0 radical (unpaired) electrons. The Hall–Kier alpha value is -3.70. The second-order valence-corrected chi connectivity index (χ2v) is 7.86. The van der Waals surface area contributed by atoms with Gasteiger partial charge in [-0.25, -0.2) is 4.99 Å². The molecule has 0 amide bonds. The Labute approximate surface area is 202 Å². The number of allylic oxidation sites excluding steroid dienone is 2. The molecule has 0 spiro atoms. The third-order valence-electron chi connectivity index (χ3n) is 5.42. The van der Waals surface area contributed by atoms with E-state index in [1.54, 1.807) is 6.08 Å². The third-order valence-corrected chi connectivity index (χ3v) is 5.42. The van der Waals surface area contributed by atoms with Gasteiger partial charge in [-0.15, -0.1) is 0 Å². The summed E-state index contributed by atoms with van der Waals surface area (Å²) >= 11 is 0. The van der Waals surface area contributed by atoms with Crippen molar-refractivity contribution in [1.29, 1.82) is 0 Å². The van der Waals surface area contributed by atoms with Crippen molar-refractivity contribution in [1.82, 2.24) is 0 Å². The van der Waals surface area contributed by atoms with Crippen LogP contribution in [0.1, 0.15) is 49.4 Å². The predicted octanol–water partition coefficient (Wildman–Crippen LogP) is 7.10. The molecule has 5 nitrogen and oxygen atoms in total. The number of benzene rings is 3. The third kappa shape index (κ3) is 7.15. The van der Waals surface area contributed by atoms with Gasteiger partial charge in [0.15, 0.2) is 0 Å². The molecule has 0 atom stereocenters. The van der Waals surface area contributed by atoms with Crippen LogP contribution in [0.4, 0.5) is 0 Å². The minimum atomic E-state index is 0.352. The van der Waals surface area contributed by atoms with E-state index in [0.717, 1.165) is 34.4 Å². The number of hydrogen-bond donors (Lipinski definition) is 0. The molecule has 0 aliphatic carbocycles. The maximum atomic E-state index is 5.45. The van der Waals surface area contributed by atoms with Gasteiger partial charge in [0.25, 0.3) is 0 Å². The van der Waals surface area contributed by atoms with Crippen molar-refractivity contribution in [3.8, 4) is 0 Å². The molecule has 3 rings (SSSR count). The number of rotatable bonds is 12. The molecule has 176 valence electrons. The highest BCUT2D eigenvalue weighted by atomic mass is 17.3. The Morgan fingerprint density at radius 3 is 2.41 bits per heavy atom. The maximum Gasteiger partial charge on any atom is 0.119 e. The highest BCUT2D eigenvalue weighted by molar-refractivity contribution is 6.01. The molecule has 3 aromatic carbocycles. The summed E-state index contributed by atoms with van der Waals surface area (Å²) in [5.74, 6) is 0. The van der Waals surface area contributed by atoms with Gasteiger partial charge in [0.1, 0.15) is 6.61 Å². The van der Waals surface area contributed by atoms with Gasteiger partial charge in [-0.2, -0.15) is 4.89 Å². The molecule has 0 bridgehead atoms. The average Bonchev–Trinajstić information content (AvgIpc) is 2.88.